The van der Waals surface area contributed by atoms with Gasteiger partial charge in [-0.15, -0.1) is 0 Å². The van der Waals surface area contributed by atoms with Gasteiger partial charge >= 0.3 is 5.97 Å². The Bertz CT molecular complexity index is 1720. The number of benzene rings is 4. The molecular weight excluding hydrogens is 579 g/mol. The molecule has 1 heterocycles. The van der Waals surface area contributed by atoms with Crippen LogP contribution >= 0.6 is 23.2 Å². The Morgan fingerprint density at radius 2 is 1.76 bits per heavy atom. The number of halogens is 2. The summed E-state index contributed by atoms with van der Waals surface area (Å²) in [4.78, 5) is 12.5. The fraction of sp³-hybridized carbons (Fsp3) is 0.125. The molecule has 1 aliphatic heterocycles. The Morgan fingerprint density at radius 3 is 2.52 bits per heavy atom. The lowest BCUT2D eigenvalue weighted by atomic mass is 9.83. The number of methoxy groups -OCH3 is 1. The molecule has 8 nitrogen and oxygen atoms in total. The van der Waals surface area contributed by atoms with Crippen molar-refractivity contribution < 1.29 is 28.5 Å². The predicted octanol–water partition coefficient (Wildman–Crippen LogP) is 6.78. The molecule has 4 aromatic carbocycles. The van der Waals surface area contributed by atoms with Gasteiger partial charge in [-0.2, -0.15) is 5.26 Å². The largest absolute Gasteiger partial charge is 0.493 e. The van der Waals surface area contributed by atoms with Gasteiger partial charge in [0.25, 0.3) is 0 Å². The molecule has 0 saturated heterocycles. The third kappa shape index (κ3) is 6.39. The van der Waals surface area contributed by atoms with Gasteiger partial charge in [-0.3, -0.25) is 0 Å². The maximum atomic E-state index is 12.5. The molecular formula is C32H24Cl2N2O6. The average Bonchev–Trinajstić information content (AvgIpc) is 2.99. The summed E-state index contributed by atoms with van der Waals surface area (Å²) in [6, 6.07) is 26.6. The standard InChI is InChI=1S/C32H24Cl2N2O6/c1-38-27-7-2-3-8-28(27)40-18-30(37)41-23-11-12-24-29(15-23)42-32(36)25(16-35)31(24)19-5-4-6-22(13-19)39-17-20-9-10-21(33)14-26(20)34/h2-15,31H,17-18,36H2,1H3. The second-order valence-electron chi connectivity index (χ2n) is 9.13. The highest BCUT2D eigenvalue weighted by Crippen LogP contribution is 2.44. The van der Waals surface area contributed by atoms with Crippen LogP contribution in [-0.2, 0) is 11.4 Å². The zero-order valence-corrected chi connectivity index (χ0v) is 23.8. The molecule has 0 aliphatic carbocycles. The zero-order chi connectivity index (χ0) is 29.6. The van der Waals surface area contributed by atoms with Crippen LogP contribution < -0.4 is 29.4 Å². The Morgan fingerprint density at radius 1 is 0.952 bits per heavy atom. The van der Waals surface area contributed by atoms with Crippen LogP contribution in [0.25, 0.3) is 0 Å². The van der Waals surface area contributed by atoms with Crippen LogP contribution in [0.15, 0.2) is 96.4 Å². The number of allylic oxidation sites excluding steroid dienone is 1. The number of nitrogens with zero attached hydrogens (tertiary/aromatic N) is 1. The molecule has 0 saturated carbocycles. The van der Waals surface area contributed by atoms with Crippen molar-refractivity contribution in [1.29, 1.82) is 5.26 Å². The minimum Gasteiger partial charge on any atom is -0.493 e. The topological polar surface area (TPSA) is 113 Å². The number of para-hydroxylation sites is 2. The molecule has 0 bridgehead atoms. The molecule has 10 heteroatoms. The van der Waals surface area contributed by atoms with Crippen LogP contribution in [0.2, 0.25) is 10.0 Å². The first-order chi connectivity index (χ1) is 20.4. The summed E-state index contributed by atoms with van der Waals surface area (Å²) in [6.07, 6.45) is 0. The Kier molecular flexibility index (Phi) is 8.72. The van der Waals surface area contributed by atoms with E-state index in [1.54, 1.807) is 60.7 Å². The lowest BCUT2D eigenvalue weighted by molar-refractivity contribution is -0.136. The fourth-order valence-corrected chi connectivity index (χ4v) is 4.92. The first-order valence-electron chi connectivity index (χ1n) is 12.7. The average molecular weight is 603 g/mol. The van der Waals surface area contributed by atoms with Gasteiger partial charge in [-0.05, 0) is 48.0 Å². The number of nitrogens with two attached hydrogens (primary N) is 1. The van der Waals surface area contributed by atoms with Crippen molar-refractivity contribution in [2.45, 2.75) is 12.5 Å². The fourth-order valence-electron chi connectivity index (χ4n) is 4.46. The number of esters is 1. The van der Waals surface area contributed by atoms with Crippen molar-refractivity contribution in [1.82, 2.24) is 0 Å². The number of rotatable bonds is 9. The quantitative estimate of drug-likeness (QED) is 0.165. The molecule has 0 aromatic heterocycles. The van der Waals surface area contributed by atoms with Gasteiger partial charge in [-0.1, -0.05) is 59.6 Å². The summed E-state index contributed by atoms with van der Waals surface area (Å²) in [5.41, 5.74) is 8.61. The van der Waals surface area contributed by atoms with E-state index in [9.17, 15) is 10.1 Å². The SMILES string of the molecule is COc1ccccc1OCC(=O)Oc1ccc2c(c1)OC(N)=C(C#N)C2c1cccc(OCc2ccc(Cl)cc2Cl)c1. The molecule has 0 amide bonds. The minimum absolute atomic E-state index is 0.0442. The van der Waals surface area contributed by atoms with E-state index in [4.69, 9.17) is 52.6 Å². The molecule has 1 aliphatic rings. The summed E-state index contributed by atoms with van der Waals surface area (Å²) in [5.74, 6) is 0.855. The third-order valence-corrected chi connectivity index (χ3v) is 7.02. The number of hydrogen-bond acceptors (Lipinski definition) is 8. The molecule has 0 fully saturated rings. The number of fused-ring (bicyclic) bond motifs is 1. The van der Waals surface area contributed by atoms with E-state index in [-0.39, 0.29) is 30.4 Å². The molecule has 0 spiro atoms. The molecule has 212 valence electrons. The summed E-state index contributed by atoms with van der Waals surface area (Å²) in [6.45, 7) is -0.113. The predicted molar refractivity (Wildman–Crippen MR) is 157 cm³/mol. The number of carbonyl (C=O) groups is 1. The van der Waals surface area contributed by atoms with Crippen molar-refractivity contribution >= 4 is 29.2 Å². The molecule has 2 N–H and O–H groups in total. The van der Waals surface area contributed by atoms with Crippen LogP contribution in [0, 0.1) is 11.3 Å². The van der Waals surface area contributed by atoms with Gasteiger partial charge in [0.1, 0.15) is 35.5 Å². The van der Waals surface area contributed by atoms with Gasteiger partial charge in [-0.25, -0.2) is 4.79 Å². The Hall–Kier alpha value is -4.84. The summed E-state index contributed by atoms with van der Waals surface area (Å²) >= 11 is 12.3. The van der Waals surface area contributed by atoms with Crippen molar-refractivity contribution in [2.24, 2.45) is 5.73 Å². The van der Waals surface area contributed by atoms with Crippen LogP contribution in [-0.4, -0.2) is 19.7 Å². The minimum atomic E-state index is -0.625. The van der Waals surface area contributed by atoms with E-state index in [1.165, 1.54) is 7.11 Å². The molecule has 42 heavy (non-hydrogen) atoms. The first-order valence-corrected chi connectivity index (χ1v) is 13.5. The number of ether oxygens (including phenoxy) is 5. The maximum absolute atomic E-state index is 12.5. The molecule has 5 rings (SSSR count). The van der Waals surface area contributed by atoms with Crippen molar-refractivity contribution in [3.8, 4) is 34.8 Å². The molecule has 1 unspecified atom stereocenters. The van der Waals surface area contributed by atoms with Crippen molar-refractivity contribution in [3.05, 3.63) is 123 Å². The molecule has 1 atom stereocenters. The highest BCUT2D eigenvalue weighted by molar-refractivity contribution is 6.35. The second kappa shape index (κ2) is 12.8. The lowest BCUT2D eigenvalue weighted by Gasteiger charge is -2.27. The van der Waals surface area contributed by atoms with Crippen molar-refractivity contribution in [2.75, 3.05) is 13.7 Å². The third-order valence-electron chi connectivity index (χ3n) is 6.44. The highest BCUT2D eigenvalue weighted by atomic mass is 35.5. The monoisotopic (exact) mass is 602 g/mol. The Labute approximate surface area is 252 Å². The number of carbonyl (C=O) groups excluding carboxylic acids is 1. The summed E-state index contributed by atoms with van der Waals surface area (Å²) < 4.78 is 28.0. The van der Waals surface area contributed by atoms with E-state index in [2.05, 4.69) is 6.07 Å². The smallest absolute Gasteiger partial charge is 0.349 e. The summed E-state index contributed by atoms with van der Waals surface area (Å²) in [7, 11) is 1.51. The van der Waals surface area contributed by atoms with Gasteiger partial charge in [0.05, 0.1) is 13.0 Å². The first kappa shape index (κ1) is 28.7. The van der Waals surface area contributed by atoms with E-state index >= 15 is 0 Å². The van der Waals surface area contributed by atoms with E-state index in [1.807, 2.05) is 24.3 Å². The van der Waals surface area contributed by atoms with Gasteiger partial charge in [0.15, 0.2) is 18.1 Å². The highest BCUT2D eigenvalue weighted by Gasteiger charge is 2.31. The van der Waals surface area contributed by atoms with E-state index in [0.29, 0.717) is 38.6 Å². The number of nitriles is 1. The van der Waals surface area contributed by atoms with Crippen molar-refractivity contribution in [3.63, 3.8) is 0 Å². The normalized spacial score (nSPS) is 13.8. The Balaban J connectivity index is 1.34. The van der Waals surface area contributed by atoms with E-state index < -0.39 is 11.9 Å². The van der Waals surface area contributed by atoms with Crippen LogP contribution in [0.5, 0.6) is 28.7 Å². The number of hydrogen-bond donors (Lipinski definition) is 1. The van der Waals surface area contributed by atoms with Gasteiger partial charge < -0.3 is 29.4 Å². The van der Waals surface area contributed by atoms with E-state index in [0.717, 1.165) is 11.1 Å². The lowest BCUT2D eigenvalue weighted by Crippen LogP contribution is -2.21. The summed E-state index contributed by atoms with van der Waals surface area (Å²) in [5, 5.41) is 11.0. The van der Waals surface area contributed by atoms with Crippen LogP contribution in [0.1, 0.15) is 22.6 Å². The van der Waals surface area contributed by atoms with Crippen LogP contribution in [0.3, 0.4) is 0 Å². The zero-order valence-electron chi connectivity index (χ0n) is 22.3. The van der Waals surface area contributed by atoms with Crippen LogP contribution in [0.4, 0.5) is 0 Å². The van der Waals surface area contributed by atoms with Gasteiger partial charge in [0, 0.05) is 27.2 Å². The molecule has 0 radical (unpaired) electrons. The van der Waals surface area contributed by atoms with Gasteiger partial charge in [0.2, 0.25) is 5.88 Å². The molecule has 4 aromatic rings. The maximum Gasteiger partial charge on any atom is 0.349 e. The second-order valence-corrected chi connectivity index (χ2v) is 9.98.